The monoisotopic (exact) mass is 233 g/mol. The van der Waals surface area contributed by atoms with Gasteiger partial charge in [-0.1, -0.05) is 13.8 Å². The quantitative estimate of drug-likeness (QED) is 0.839. The van der Waals surface area contributed by atoms with Gasteiger partial charge in [0.1, 0.15) is 0 Å². The van der Waals surface area contributed by atoms with Gasteiger partial charge in [-0.25, -0.2) is 0 Å². The summed E-state index contributed by atoms with van der Waals surface area (Å²) in [5.74, 6) is 0. The minimum atomic E-state index is 0.379. The molecule has 1 aliphatic carbocycles. The van der Waals surface area contributed by atoms with Crippen molar-refractivity contribution in [2.45, 2.75) is 45.6 Å². The third-order valence-electron chi connectivity index (χ3n) is 3.89. The highest BCUT2D eigenvalue weighted by molar-refractivity contribution is 5.44. The van der Waals surface area contributed by atoms with E-state index in [1.165, 1.54) is 24.8 Å². The van der Waals surface area contributed by atoms with Crippen molar-refractivity contribution in [3.63, 3.8) is 0 Å². The SMILES string of the molecule is CCNC1CCC(C)(Cc2cnccc2N)C1. The maximum atomic E-state index is 6.00. The first-order chi connectivity index (χ1) is 8.13. The lowest BCUT2D eigenvalue weighted by Crippen LogP contribution is -2.28. The van der Waals surface area contributed by atoms with Gasteiger partial charge >= 0.3 is 0 Å². The molecule has 94 valence electrons. The van der Waals surface area contributed by atoms with E-state index in [4.69, 9.17) is 5.73 Å². The van der Waals surface area contributed by atoms with Crippen LogP contribution in [0, 0.1) is 5.41 Å². The standard InChI is InChI=1S/C14H23N3/c1-3-17-12-4-6-14(2,9-12)8-11-10-16-7-5-13(11)15/h5,7,10,12,17H,3-4,6,8-9H2,1-2H3,(H2,15,16). The number of nitrogen functional groups attached to an aromatic ring is 1. The lowest BCUT2D eigenvalue weighted by Gasteiger charge is -2.25. The Morgan fingerprint density at radius 3 is 3.12 bits per heavy atom. The van der Waals surface area contributed by atoms with Crippen LogP contribution in [0.15, 0.2) is 18.5 Å². The molecule has 0 amide bonds. The highest BCUT2D eigenvalue weighted by Gasteiger charge is 2.35. The second-order valence-electron chi connectivity index (χ2n) is 5.56. The maximum Gasteiger partial charge on any atom is 0.0377 e. The van der Waals surface area contributed by atoms with Crippen LogP contribution in [0.25, 0.3) is 0 Å². The van der Waals surface area contributed by atoms with Gasteiger partial charge in [-0.15, -0.1) is 0 Å². The largest absolute Gasteiger partial charge is 0.398 e. The Morgan fingerprint density at radius 1 is 1.59 bits per heavy atom. The van der Waals surface area contributed by atoms with E-state index in [9.17, 15) is 0 Å². The number of nitrogens with one attached hydrogen (secondary N) is 1. The predicted molar refractivity (Wildman–Crippen MR) is 71.8 cm³/mol. The minimum Gasteiger partial charge on any atom is -0.398 e. The van der Waals surface area contributed by atoms with E-state index in [0.29, 0.717) is 11.5 Å². The van der Waals surface area contributed by atoms with Gasteiger partial charge in [0.15, 0.2) is 0 Å². The van der Waals surface area contributed by atoms with E-state index in [2.05, 4.69) is 24.1 Å². The third-order valence-corrected chi connectivity index (χ3v) is 3.89. The van der Waals surface area contributed by atoms with E-state index in [1.54, 1.807) is 6.20 Å². The smallest absolute Gasteiger partial charge is 0.0377 e. The van der Waals surface area contributed by atoms with Gasteiger partial charge in [-0.2, -0.15) is 0 Å². The Labute approximate surface area is 104 Å². The summed E-state index contributed by atoms with van der Waals surface area (Å²) in [6, 6.07) is 2.58. The molecule has 0 aromatic carbocycles. The van der Waals surface area contributed by atoms with E-state index in [0.717, 1.165) is 18.7 Å². The highest BCUT2D eigenvalue weighted by atomic mass is 14.9. The molecule has 1 aromatic rings. The number of nitrogens with two attached hydrogens (primary N) is 1. The van der Waals surface area contributed by atoms with Gasteiger partial charge in [-0.05, 0) is 49.3 Å². The zero-order valence-electron chi connectivity index (χ0n) is 10.9. The van der Waals surface area contributed by atoms with Crippen LogP contribution in [0.3, 0.4) is 0 Å². The molecule has 1 heterocycles. The van der Waals surface area contributed by atoms with Crippen molar-refractivity contribution in [3.8, 4) is 0 Å². The van der Waals surface area contributed by atoms with Crippen molar-refractivity contribution in [2.75, 3.05) is 12.3 Å². The molecule has 2 atom stereocenters. The Kier molecular flexibility index (Phi) is 3.67. The molecule has 1 saturated carbocycles. The number of aromatic nitrogens is 1. The number of hydrogen-bond donors (Lipinski definition) is 2. The molecule has 0 spiro atoms. The van der Waals surface area contributed by atoms with Crippen molar-refractivity contribution in [1.82, 2.24) is 10.3 Å². The Bertz CT molecular complexity index is 377. The topological polar surface area (TPSA) is 50.9 Å². The van der Waals surface area contributed by atoms with Crippen LogP contribution in [0.2, 0.25) is 0 Å². The summed E-state index contributed by atoms with van der Waals surface area (Å²) >= 11 is 0. The number of pyridine rings is 1. The van der Waals surface area contributed by atoms with Crippen LogP contribution < -0.4 is 11.1 Å². The van der Waals surface area contributed by atoms with Gasteiger partial charge < -0.3 is 11.1 Å². The number of nitrogens with zero attached hydrogens (tertiary/aromatic N) is 1. The Hall–Kier alpha value is -1.09. The summed E-state index contributed by atoms with van der Waals surface area (Å²) in [5.41, 5.74) is 8.46. The Morgan fingerprint density at radius 2 is 2.41 bits per heavy atom. The van der Waals surface area contributed by atoms with Crippen LogP contribution in [0.4, 0.5) is 5.69 Å². The van der Waals surface area contributed by atoms with Crippen molar-refractivity contribution < 1.29 is 0 Å². The molecule has 1 aliphatic rings. The molecule has 1 aromatic heterocycles. The molecule has 3 heteroatoms. The fraction of sp³-hybridized carbons (Fsp3) is 0.643. The van der Waals surface area contributed by atoms with E-state index in [1.807, 2.05) is 12.3 Å². The summed E-state index contributed by atoms with van der Waals surface area (Å²) in [4.78, 5) is 4.18. The first-order valence-corrected chi connectivity index (χ1v) is 6.55. The summed E-state index contributed by atoms with van der Waals surface area (Å²) < 4.78 is 0. The number of hydrogen-bond acceptors (Lipinski definition) is 3. The third kappa shape index (κ3) is 2.97. The molecule has 0 bridgehead atoms. The fourth-order valence-corrected chi connectivity index (χ4v) is 2.99. The summed E-state index contributed by atoms with van der Waals surface area (Å²) in [6.07, 6.45) is 8.53. The second kappa shape index (κ2) is 5.05. The minimum absolute atomic E-state index is 0.379. The van der Waals surface area contributed by atoms with Crippen LogP contribution in [0.5, 0.6) is 0 Å². The first-order valence-electron chi connectivity index (χ1n) is 6.55. The van der Waals surface area contributed by atoms with Gasteiger partial charge in [0.25, 0.3) is 0 Å². The molecular weight excluding hydrogens is 210 g/mol. The molecular formula is C14H23N3. The van der Waals surface area contributed by atoms with Crippen LogP contribution in [-0.4, -0.2) is 17.6 Å². The predicted octanol–water partition coefficient (Wildman–Crippen LogP) is 2.37. The number of rotatable bonds is 4. The van der Waals surface area contributed by atoms with Gasteiger partial charge in [0, 0.05) is 24.1 Å². The van der Waals surface area contributed by atoms with Crippen molar-refractivity contribution >= 4 is 5.69 Å². The zero-order valence-corrected chi connectivity index (χ0v) is 10.9. The molecule has 1 fully saturated rings. The van der Waals surface area contributed by atoms with Crippen LogP contribution >= 0.6 is 0 Å². The second-order valence-corrected chi connectivity index (χ2v) is 5.56. The summed E-state index contributed by atoms with van der Waals surface area (Å²) in [5, 5.41) is 3.55. The molecule has 0 aliphatic heterocycles. The van der Waals surface area contributed by atoms with E-state index < -0.39 is 0 Å². The van der Waals surface area contributed by atoms with Crippen LogP contribution in [-0.2, 0) is 6.42 Å². The van der Waals surface area contributed by atoms with Crippen molar-refractivity contribution in [2.24, 2.45) is 5.41 Å². The maximum absolute atomic E-state index is 6.00. The molecule has 2 rings (SSSR count). The van der Waals surface area contributed by atoms with Crippen molar-refractivity contribution in [3.05, 3.63) is 24.0 Å². The lowest BCUT2D eigenvalue weighted by atomic mass is 9.82. The Balaban J connectivity index is 2.02. The zero-order chi connectivity index (χ0) is 12.3. The molecule has 2 unspecified atom stereocenters. The lowest BCUT2D eigenvalue weighted by molar-refractivity contribution is 0.323. The summed E-state index contributed by atoms with van der Waals surface area (Å²) in [7, 11) is 0. The van der Waals surface area contributed by atoms with Crippen molar-refractivity contribution in [1.29, 1.82) is 0 Å². The number of anilines is 1. The highest BCUT2D eigenvalue weighted by Crippen LogP contribution is 2.41. The van der Waals surface area contributed by atoms with Crippen LogP contribution in [0.1, 0.15) is 38.7 Å². The molecule has 3 nitrogen and oxygen atoms in total. The molecule has 0 radical (unpaired) electrons. The van der Waals surface area contributed by atoms with Gasteiger partial charge in [0.2, 0.25) is 0 Å². The molecule has 0 saturated heterocycles. The molecule has 17 heavy (non-hydrogen) atoms. The van der Waals surface area contributed by atoms with Gasteiger partial charge in [0.05, 0.1) is 0 Å². The van der Waals surface area contributed by atoms with E-state index in [-0.39, 0.29) is 0 Å². The first kappa shape index (κ1) is 12.4. The van der Waals surface area contributed by atoms with Gasteiger partial charge in [-0.3, -0.25) is 4.98 Å². The summed E-state index contributed by atoms with van der Waals surface area (Å²) in [6.45, 7) is 5.61. The average Bonchev–Trinajstić information content (AvgIpc) is 2.64. The normalized spacial score (nSPS) is 28.5. The average molecular weight is 233 g/mol. The van der Waals surface area contributed by atoms with E-state index >= 15 is 0 Å². The fourth-order valence-electron chi connectivity index (χ4n) is 2.99. The molecule has 3 N–H and O–H groups in total.